The third kappa shape index (κ3) is 5.02. The zero-order chi connectivity index (χ0) is 22.7. The summed E-state index contributed by atoms with van der Waals surface area (Å²) in [4.78, 5) is 30.0. The summed E-state index contributed by atoms with van der Waals surface area (Å²) in [7, 11) is -1.97. The molecule has 0 bridgehead atoms. The first-order valence-electron chi connectivity index (χ1n) is 10.6. The van der Waals surface area contributed by atoms with E-state index in [-0.39, 0.29) is 16.7 Å². The third-order valence-corrected chi connectivity index (χ3v) is 7.96. The van der Waals surface area contributed by atoms with E-state index in [1.54, 1.807) is 17.0 Å². The van der Waals surface area contributed by atoms with Crippen molar-refractivity contribution in [1.29, 1.82) is 0 Å². The van der Waals surface area contributed by atoms with Gasteiger partial charge in [-0.2, -0.15) is 8.42 Å². The molecule has 1 aromatic carbocycles. The zero-order valence-corrected chi connectivity index (χ0v) is 19.5. The lowest BCUT2D eigenvalue weighted by Gasteiger charge is -2.24. The second-order valence-corrected chi connectivity index (χ2v) is 10.7. The van der Waals surface area contributed by atoms with Gasteiger partial charge in [0.15, 0.2) is 0 Å². The highest BCUT2D eigenvalue weighted by molar-refractivity contribution is 7.90. The number of carbonyl (C=O) groups excluding carboxylic acids is 2. The molecule has 2 aliphatic heterocycles. The van der Waals surface area contributed by atoms with Crippen molar-refractivity contribution < 1.29 is 18.0 Å². The molecule has 1 aromatic heterocycles. The lowest BCUT2D eigenvalue weighted by molar-refractivity contribution is -0.136. The van der Waals surface area contributed by atoms with Crippen LogP contribution in [0.25, 0.3) is 0 Å². The topological polar surface area (TPSA) is 99.2 Å². The number of carbonyl (C=O) groups is 2. The number of benzene rings is 1. The summed E-state index contributed by atoms with van der Waals surface area (Å²) in [5, 5.41) is 4.75. The molecular weight excluding hydrogens is 448 g/mol. The summed E-state index contributed by atoms with van der Waals surface area (Å²) >= 11 is 1.53. The molecule has 1 atom stereocenters. The largest absolute Gasteiger partial charge is 0.362 e. The van der Waals surface area contributed by atoms with E-state index in [4.69, 9.17) is 0 Å². The van der Waals surface area contributed by atoms with Crippen molar-refractivity contribution in [3.8, 4) is 0 Å². The van der Waals surface area contributed by atoms with Gasteiger partial charge in [-0.15, -0.1) is 15.7 Å². The molecule has 2 amide bonds. The monoisotopic (exact) mass is 474 g/mol. The minimum atomic E-state index is -3.80. The summed E-state index contributed by atoms with van der Waals surface area (Å²) in [6.07, 6.45) is 3.22. The van der Waals surface area contributed by atoms with Gasteiger partial charge in [-0.1, -0.05) is 6.07 Å². The SMILES string of the molecule is CN1CCC/C1=N\S(=O)(=O)c1ccc(NC(=O)C2CCCN2C(=O)Cc2cccs2)cc1. The molecule has 0 aliphatic carbocycles. The predicted molar refractivity (Wildman–Crippen MR) is 124 cm³/mol. The molecule has 8 nitrogen and oxygen atoms in total. The average Bonchev–Trinajstić information content (AvgIpc) is 3.51. The molecule has 10 heteroatoms. The minimum Gasteiger partial charge on any atom is -0.362 e. The van der Waals surface area contributed by atoms with Crippen LogP contribution in [0.4, 0.5) is 5.69 Å². The lowest BCUT2D eigenvalue weighted by Crippen LogP contribution is -2.43. The molecule has 2 fully saturated rings. The number of amides is 2. The highest BCUT2D eigenvalue weighted by atomic mass is 32.2. The average molecular weight is 475 g/mol. The van der Waals surface area contributed by atoms with Crippen LogP contribution in [0.15, 0.2) is 51.1 Å². The standard InChI is InChI=1S/C22H26N4O4S2/c1-25-12-3-7-20(25)24-32(29,30)18-10-8-16(9-11-18)23-22(28)19-6-2-13-26(19)21(27)15-17-5-4-14-31-17/h4-5,8-11,14,19H,2-3,6-7,12-13,15H2,1H3,(H,23,28)/b24-20+. The number of nitrogens with one attached hydrogen (secondary N) is 1. The van der Waals surface area contributed by atoms with Crippen LogP contribution in [0.2, 0.25) is 0 Å². The highest BCUT2D eigenvalue weighted by Gasteiger charge is 2.34. The van der Waals surface area contributed by atoms with E-state index in [2.05, 4.69) is 9.71 Å². The number of nitrogens with zero attached hydrogens (tertiary/aromatic N) is 3. The van der Waals surface area contributed by atoms with Gasteiger partial charge in [0.2, 0.25) is 11.8 Å². The molecule has 2 saturated heterocycles. The summed E-state index contributed by atoms with van der Waals surface area (Å²) in [5.41, 5.74) is 0.483. The van der Waals surface area contributed by atoms with E-state index < -0.39 is 16.1 Å². The molecule has 2 aromatic rings. The lowest BCUT2D eigenvalue weighted by atomic mass is 10.2. The molecular formula is C22H26N4O4S2. The fraction of sp³-hybridized carbons (Fsp3) is 0.409. The molecule has 0 spiro atoms. The second-order valence-electron chi connectivity index (χ2n) is 8.02. The first-order valence-corrected chi connectivity index (χ1v) is 12.9. The number of hydrogen-bond acceptors (Lipinski definition) is 5. The summed E-state index contributed by atoms with van der Waals surface area (Å²) < 4.78 is 29.1. The van der Waals surface area contributed by atoms with Gasteiger partial charge in [0, 0.05) is 37.1 Å². The van der Waals surface area contributed by atoms with Crippen LogP contribution in [-0.2, 0) is 26.0 Å². The van der Waals surface area contributed by atoms with E-state index >= 15 is 0 Å². The van der Waals surface area contributed by atoms with Gasteiger partial charge in [0.1, 0.15) is 11.9 Å². The molecule has 1 N–H and O–H groups in total. The van der Waals surface area contributed by atoms with Crippen LogP contribution in [0.1, 0.15) is 30.6 Å². The maximum absolute atomic E-state index is 12.8. The first kappa shape index (κ1) is 22.5. The van der Waals surface area contributed by atoms with Crippen LogP contribution in [-0.4, -0.2) is 62.0 Å². The maximum atomic E-state index is 12.8. The minimum absolute atomic E-state index is 0.0532. The maximum Gasteiger partial charge on any atom is 0.283 e. The fourth-order valence-corrected chi connectivity index (χ4v) is 5.83. The van der Waals surface area contributed by atoms with Gasteiger partial charge in [0.05, 0.1) is 11.3 Å². The van der Waals surface area contributed by atoms with Gasteiger partial charge in [-0.05, 0) is 55.0 Å². The number of anilines is 1. The number of sulfonamides is 1. The smallest absolute Gasteiger partial charge is 0.283 e. The van der Waals surface area contributed by atoms with Crippen molar-refractivity contribution in [3.05, 3.63) is 46.7 Å². The summed E-state index contributed by atoms with van der Waals surface area (Å²) in [5.74, 6) is 0.254. The number of rotatable bonds is 6. The van der Waals surface area contributed by atoms with Crippen molar-refractivity contribution in [2.45, 2.75) is 43.0 Å². The Balaban J connectivity index is 1.40. The normalized spacial score (nSPS) is 20.2. The molecule has 1 unspecified atom stereocenters. The van der Waals surface area contributed by atoms with Crippen molar-refractivity contribution in [1.82, 2.24) is 9.80 Å². The van der Waals surface area contributed by atoms with E-state index in [9.17, 15) is 18.0 Å². The van der Waals surface area contributed by atoms with Crippen molar-refractivity contribution >= 4 is 44.7 Å². The molecule has 2 aliphatic rings. The van der Waals surface area contributed by atoms with Crippen LogP contribution in [0.3, 0.4) is 0 Å². The number of likely N-dealkylation sites (tertiary alicyclic amines) is 2. The molecule has 3 heterocycles. The Morgan fingerprint density at radius 2 is 1.94 bits per heavy atom. The van der Waals surface area contributed by atoms with Gasteiger partial charge >= 0.3 is 0 Å². The summed E-state index contributed by atoms with van der Waals surface area (Å²) in [6.45, 7) is 1.36. The van der Waals surface area contributed by atoms with Gasteiger partial charge < -0.3 is 15.1 Å². The Hall–Kier alpha value is -2.72. The zero-order valence-electron chi connectivity index (χ0n) is 17.9. The molecule has 0 saturated carbocycles. The van der Waals surface area contributed by atoms with E-state index in [0.29, 0.717) is 37.3 Å². The van der Waals surface area contributed by atoms with Crippen LogP contribution < -0.4 is 5.32 Å². The van der Waals surface area contributed by atoms with Gasteiger partial charge in [0.25, 0.3) is 10.0 Å². The van der Waals surface area contributed by atoms with Crippen LogP contribution in [0.5, 0.6) is 0 Å². The van der Waals surface area contributed by atoms with Gasteiger partial charge in [-0.3, -0.25) is 9.59 Å². The van der Waals surface area contributed by atoms with Crippen LogP contribution >= 0.6 is 11.3 Å². The van der Waals surface area contributed by atoms with Crippen molar-refractivity contribution in [2.75, 3.05) is 25.5 Å². The fourth-order valence-electron chi connectivity index (χ4n) is 4.04. The Kier molecular flexibility index (Phi) is 6.61. The van der Waals surface area contributed by atoms with Crippen molar-refractivity contribution in [3.63, 3.8) is 0 Å². The van der Waals surface area contributed by atoms with E-state index in [0.717, 1.165) is 24.3 Å². The number of thiophene rings is 1. The van der Waals surface area contributed by atoms with Gasteiger partial charge in [-0.25, -0.2) is 0 Å². The molecule has 4 rings (SSSR count). The Morgan fingerprint density at radius 1 is 1.16 bits per heavy atom. The molecule has 32 heavy (non-hydrogen) atoms. The predicted octanol–water partition coefficient (Wildman–Crippen LogP) is 2.73. The quantitative estimate of drug-likeness (QED) is 0.694. The molecule has 170 valence electrons. The van der Waals surface area contributed by atoms with Crippen molar-refractivity contribution in [2.24, 2.45) is 4.40 Å². The number of amidine groups is 1. The second kappa shape index (κ2) is 9.41. The third-order valence-electron chi connectivity index (χ3n) is 5.76. The highest BCUT2D eigenvalue weighted by Crippen LogP contribution is 2.23. The Labute approximate surface area is 192 Å². The van der Waals surface area contributed by atoms with Crippen LogP contribution in [0, 0.1) is 0 Å². The summed E-state index contributed by atoms with van der Waals surface area (Å²) in [6, 6.07) is 9.29. The number of hydrogen-bond donors (Lipinski definition) is 1. The first-order chi connectivity index (χ1) is 15.3. The Morgan fingerprint density at radius 3 is 2.59 bits per heavy atom. The molecule has 0 radical (unpaired) electrons. The van der Waals surface area contributed by atoms with E-state index in [1.807, 2.05) is 29.5 Å². The Bertz CT molecular complexity index is 1110. The van der Waals surface area contributed by atoms with E-state index in [1.165, 1.54) is 23.5 Å².